The van der Waals surface area contributed by atoms with Crippen LogP contribution in [0.4, 0.5) is 4.39 Å². The minimum Gasteiger partial charge on any atom is -0.465 e. The van der Waals surface area contributed by atoms with Gasteiger partial charge in [-0.3, -0.25) is 9.59 Å². The van der Waals surface area contributed by atoms with Crippen molar-refractivity contribution in [2.75, 3.05) is 13.2 Å². The number of carbonyl (C=O) groups is 2. The highest BCUT2D eigenvalue weighted by Crippen LogP contribution is 2.32. The zero-order chi connectivity index (χ0) is 19.4. The van der Waals surface area contributed by atoms with E-state index in [1.807, 2.05) is 0 Å². The standard InChI is InChI=1S/C20H19FN2O4/c1-3-26-19(24)16(20(25)27-4-2)18-17(13-8-10-14(21)11-9-13)22-15-7-5-6-12-23(15)18/h5-12,16H,3-4H2,1-2H3. The van der Waals surface area contributed by atoms with Crippen molar-refractivity contribution >= 4 is 17.6 Å². The number of benzene rings is 1. The van der Waals surface area contributed by atoms with Crippen LogP contribution in [0, 0.1) is 5.82 Å². The Bertz CT molecular complexity index is 948. The fourth-order valence-corrected chi connectivity index (χ4v) is 2.88. The van der Waals surface area contributed by atoms with Crippen LogP contribution in [-0.4, -0.2) is 34.5 Å². The molecule has 3 rings (SSSR count). The van der Waals surface area contributed by atoms with E-state index in [1.165, 1.54) is 12.1 Å². The normalized spacial score (nSPS) is 11.0. The van der Waals surface area contributed by atoms with Gasteiger partial charge in [0.25, 0.3) is 0 Å². The minimum absolute atomic E-state index is 0.122. The first-order chi connectivity index (χ1) is 13.1. The van der Waals surface area contributed by atoms with Crippen LogP contribution in [0.3, 0.4) is 0 Å². The van der Waals surface area contributed by atoms with Gasteiger partial charge < -0.3 is 13.9 Å². The molecule has 0 fully saturated rings. The third-order valence-corrected chi connectivity index (χ3v) is 4.00. The van der Waals surface area contributed by atoms with E-state index in [-0.39, 0.29) is 13.2 Å². The lowest BCUT2D eigenvalue weighted by molar-refractivity contribution is -0.157. The quantitative estimate of drug-likeness (QED) is 0.492. The molecule has 2 heterocycles. The molecule has 0 saturated carbocycles. The second kappa shape index (κ2) is 7.99. The van der Waals surface area contributed by atoms with E-state index < -0.39 is 23.7 Å². The summed E-state index contributed by atoms with van der Waals surface area (Å²) in [5.74, 6) is -3.13. The molecule has 0 aliphatic heterocycles. The number of pyridine rings is 1. The molecular formula is C20H19FN2O4. The van der Waals surface area contributed by atoms with E-state index in [1.54, 1.807) is 54.8 Å². The van der Waals surface area contributed by atoms with E-state index in [0.29, 0.717) is 22.6 Å². The Balaban J connectivity index is 2.25. The van der Waals surface area contributed by atoms with Gasteiger partial charge in [0.05, 0.1) is 24.6 Å². The average molecular weight is 370 g/mol. The largest absolute Gasteiger partial charge is 0.465 e. The van der Waals surface area contributed by atoms with E-state index in [4.69, 9.17) is 9.47 Å². The van der Waals surface area contributed by atoms with Crippen molar-refractivity contribution in [1.29, 1.82) is 0 Å². The number of fused-ring (bicyclic) bond motifs is 1. The highest BCUT2D eigenvalue weighted by molar-refractivity contribution is 6.02. The van der Waals surface area contributed by atoms with Gasteiger partial charge in [0, 0.05) is 11.8 Å². The first-order valence-corrected chi connectivity index (χ1v) is 8.63. The maximum absolute atomic E-state index is 13.3. The fraction of sp³-hybridized carbons (Fsp3) is 0.250. The maximum Gasteiger partial charge on any atom is 0.326 e. The van der Waals surface area contributed by atoms with E-state index >= 15 is 0 Å². The molecule has 0 aliphatic rings. The summed E-state index contributed by atoms with van der Waals surface area (Å²) in [6, 6.07) is 11.0. The summed E-state index contributed by atoms with van der Waals surface area (Å²) in [5, 5.41) is 0. The molecule has 0 aliphatic carbocycles. The number of rotatable bonds is 6. The molecule has 0 saturated heterocycles. The van der Waals surface area contributed by atoms with Crippen molar-refractivity contribution in [2.24, 2.45) is 0 Å². The molecule has 7 heteroatoms. The molecule has 140 valence electrons. The van der Waals surface area contributed by atoms with Crippen LogP contribution >= 0.6 is 0 Å². The van der Waals surface area contributed by atoms with Gasteiger partial charge in [0.1, 0.15) is 11.5 Å². The number of nitrogens with zero attached hydrogens (tertiary/aromatic N) is 2. The van der Waals surface area contributed by atoms with Gasteiger partial charge in [-0.1, -0.05) is 6.07 Å². The van der Waals surface area contributed by atoms with E-state index in [2.05, 4.69) is 4.98 Å². The molecule has 0 spiro atoms. The molecular weight excluding hydrogens is 351 g/mol. The van der Waals surface area contributed by atoms with Gasteiger partial charge in [-0.05, 0) is 50.2 Å². The Morgan fingerprint density at radius 3 is 2.26 bits per heavy atom. The summed E-state index contributed by atoms with van der Waals surface area (Å²) in [5.41, 5.74) is 1.85. The molecule has 0 radical (unpaired) electrons. The zero-order valence-corrected chi connectivity index (χ0v) is 15.0. The number of imidazole rings is 1. The van der Waals surface area contributed by atoms with Gasteiger partial charge in [-0.15, -0.1) is 0 Å². The number of ether oxygens (including phenoxy) is 2. The first-order valence-electron chi connectivity index (χ1n) is 8.63. The lowest BCUT2D eigenvalue weighted by Gasteiger charge is -2.16. The summed E-state index contributed by atoms with van der Waals surface area (Å²) in [4.78, 5) is 29.8. The van der Waals surface area contributed by atoms with Crippen LogP contribution in [0.5, 0.6) is 0 Å². The maximum atomic E-state index is 13.3. The smallest absolute Gasteiger partial charge is 0.326 e. The number of hydrogen-bond donors (Lipinski definition) is 0. The topological polar surface area (TPSA) is 69.9 Å². The highest BCUT2D eigenvalue weighted by atomic mass is 19.1. The molecule has 3 aromatic rings. The molecule has 27 heavy (non-hydrogen) atoms. The molecule has 0 bridgehead atoms. The fourth-order valence-electron chi connectivity index (χ4n) is 2.88. The van der Waals surface area contributed by atoms with Crippen LogP contribution in [0.2, 0.25) is 0 Å². The summed E-state index contributed by atoms with van der Waals surface area (Å²) < 4.78 is 25.2. The minimum atomic E-state index is -1.30. The van der Waals surface area contributed by atoms with Crippen molar-refractivity contribution in [3.05, 3.63) is 60.2 Å². The Kier molecular flexibility index (Phi) is 5.49. The number of carbonyl (C=O) groups excluding carboxylic acids is 2. The number of halogens is 1. The van der Waals surface area contributed by atoms with E-state index in [0.717, 1.165) is 0 Å². The SMILES string of the molecule is CCOC(=O)C(C(=O)OCC)c1c(-c2ccc(F)cc2)nc2ccccn12. The lowest BCUT2D eigenvalue weighted by atomic mass is 9.99. The zero-order valence-electron chi connectivity index (χ0n) is 15.0. The Morgan fingerprint density at radius 2 is 1.67 bits per heavy atom. The summed E-state index contributed by atoms with van der Waals surface area (Å²) >= 11 is 0. The van der Waals surface area contributed by atoms with Gasteiger partial charge in [0.2, 0.25) is 0 Å². The Morgan fingerprint density at radius 1 is 1.04 bits per heavy atom. The molecule has 1 aromatic carbocycles. The van der Waals surface area contributed by atoms with Crippen molar-refractivity contribution in [3.8, 4) is 11.3 Å². The van der Waals surface area contributed by atoms with Gasteiger partial charge in [-0.2, -0.15) is 0 Å². The van der Waals surface area contributed by atoms with Crippen molar-refractivity contribution in [2.45, 2.75) is 19.8 Å². The molecule has 6 nitrogen and oxygen atoms in total. The lowest BCUT2D eigenvalue weighted by Crippen LogP contribution is -2.27. The molecule has 0 amide bonds. The number of hydrogen-bond acceptors (Lipinski definition) is 5. The summed E-state index contributed by atoms with van der Waals surface area (Å²) in [6.45, 7) is 3.57. The Labute approximate surface area is 155 Å². The predicted molar refractivity (Wildman–Crippen MR) is 96.6 cm³/mol. The number of aromatic nitrogens is 2. The third-order valence-electron chi connectivity index (χ3n) is 4.00. The van der Waals surface area contributed by atoms with Crippen LogP contribution in [0.1, 0.15) is 25.5 Å². The predicted octanol–water partition coefficient (Wildman–Crippen LogP) is 3.35. The van der Waals surface area contributed by atoms with Gasteiger partial charge in [-0.25, -0.2) is 9.37 Å². The monoisotopic (exact) mass is 370 g/mol. The first kappa shape index (κ1) is 18.6. The molecule has 0 unspecified atom stereocenters. The third kappa shape index (κ3) is 3.67. The van der Waals surface area contributed by atoms with Crippen LogP contribution in [-0.2, 0) is 19.1 Å². The van der Waals surface area contributed by atoms with Crippen molar-refractivity contribution < 1.29 is 23.5 Å². The number of esters is 2. The van der Waals surface area contributed by atoms with E-state index in [9.17, 15) is 14.0 Å². The summed E-state index contributed by atoms with van der Waals surface area (Å²) in [7, 11) is 0. The molecule has 0 N–H and O–H groups in total. The van der Waals surface area contributed by atoms with Gasteiger partial charge in [0.15, 0.2) is 5.92 Å². The second-order valence-electron chi connectivity index (χ2n) is 5.72. The second-order valence-corrected chi connectivity index (χ2v) is 5.72. The molecule has 0 atom stereocenters. The van der Waals surface area contributed by atoms with Crippen molar-refractivity contribution in [1.82, 2.24) is 9.38 Å². The van der Waals surface area contributed by atoms with Crippen LogP contribution in [0.15, 0.2) is 48.7 Å². The average Bonchev–Trinajstić information content (AvgIpc) is 3.02. The van der Waals surface area contributed by atoms with Gasteiger partial charge >= 0.3 is 11.9 Å². The van der Waals surface area contributed by atoms with Crippen molar-refractivity contribution in [3.63, 3.8) is 0 Å². The van der Waals surface area contributed by atoms with Crippen LogP contribution in [0.25, 0.3) is 16.9 Å². The Hall–Kier alpha value is -3.22. The molecule has 2 aromatic heterocycles. The summed E-state index contributed by atoms with van der Waals surface area (Å²) in [6.07, 6.45) is 1.70. The highest BCUT2D eigenvalue weighted by Gasteiger charge is 2.37. The van der Waals surface area contributed by atoms with Crippen LogP contribution < -0.4 is 0 Å².